The molecule has 0 bridgehead atoms. The van der Waals surface area contributed by atoms with Gasteiger partial charge in [-0.25, -0.2) is 0 Å². The molecule has 0 spiro atoms. The van der Waals surface area contributed by atoms with Gasteiger partial charge in [-0.3, -0.25) is 4.79 Å². The molecule has 0 aliphatic carbocycles. The number of carbonyl (C=O) groups is 1. The lowest BCUT2D eigenvalue weighted by molar-refractivity contribution is -0.302. The molecule has 9 heteroatoms. The minimum Gasteiger partial charge on any atom is -0.394 e. The second-order valence-electron chi connectivity index (χ2n) is 15.5. The summed E-state index contributed by atoms with van der Waals surface area (Å²) < 4.78 is 11.2. The molecule has 52 heavy (non-hydrogen) atoms. The molecule has 0 aromatic heterocycles. The minimum absolute atomic E-state index is 0.176. The Bertz CT molecular complexity index is 827. The van der Waals surface area contributed by atoms with Gasteiger partial charge in [-0.1, -0.05) is 187 Å². The average Bonchev–Trinajstić information content (AvgIpc) is 3.14. The van der Waals surface area contributed by atoms with Crippen LogP contribution in [0.1, 0.15) is 200 Å². The summed E-state index contributed by atoms with van der Waals surface area (Å²) in [6.07, 6.45) is 31.1. The maximum atomic E-state index is 12.9. The Morgan fingerprint density at radius 2 is 1.06 bits per heavy atom. The summed E-state index contributed by atoms with van der Waals surface area (Å²) in [6.45, 7) is 3.76. The van der Waals surface area contributed by atoms with E-state index in [2.05, 4.69) is 19.2 Å². The van der Waals surface area contributed by atoms with Gasteiger partial charge in [0.25, 0.3) is 0 Å². The molecule has 1 rings (SSSR count). The van der Waals surface area contributed by atoms with Gasteiger partial charge in [0.15, 0.2) is 6.29 Å². The standard InChI is InChI=1S/C43H83NO8/c1-3-5-7-9-11-13-15-16-17-18-19-20-21-23-25-27-29-31-33-39(47)44-36(35-51-43-42(50)41(49)40(48)38(34-45)52-43)37(46)32-30-28-26-24-22-14-12-10-8-6-4-2/h30,32,36-38,40-43,45-46,48-50H,3-29,31,33-35H2,1-2H3,(H,44,47)/b32-30+/t36-,37+,38-,40-,41?,42?,43-/m0/s1. The summed E-state index contributed by atoms with van der Waals surface area (Å²) in [4.78, 5) is 12.9. The Morgan fingerprint density at radius 3 is 1.50 bits per heavy atom. The molecule has 1 heterocycles. The first-order valence-corrected chi connectivity index (χ1v) is 21.9. The maximum Gasteiger partial charge on any atom is 0.220 e. The highest BCUT2D eigenvalue weighted by molar-refractivity contribution is 5.76. The van der Waals surface area contributed by atoms with Crippen LogP contribution in [0.15, 0.2) is 12.2 Å². The number of aliphatic hydroxyl groups excluding tert-OH is 5. The van der Waals surface area contributed by atoms with Gasteiger partial charge in [0, 0.05) is 6.42 Å². The van der Waals surface area contributed by atoms with Gasteiger partial charge < -0.3 is 40.3 Å². The van der Waals surface area contributed by atoms with E-state index < -0.39 is 49.5 Å². The van der Waals surface area contributed by atoms with Gasteiger partial charge in [-0.15, -0.1) is 0 Å². The van der Waals surface area contributed by atoms with Crippen molar-refractivity contribution in [2.45, 2.75) is 243 Å². The largest absolute Gasteiger partial charge is 0.394 e. The van der Waals surface area contributed by atoms with Gasteiger partial charge in [0.2, 0.25) is 5.91 Å². The van der Waals surface area contributed by atoms with Gasteiger partial charge in [-0.2, -0.15) is 0 Å². The van der Waals surface area contributed by atoms with Crippen molar-refractivity contribution < 1.29 is 39.8 Å². The van der Waals surface area contributed by atoms with Crippen molar-refractivity contribution in [1.82, 2.24) is 5.32 Å². The lowest BCUT2D eigenvalue weighted by Gasteiger charge is -2.40. The van der Waals surface area contributed by atoms with E-state index in [9.17, 15) is 30.3 Å². The summed E-state index contributed by atoms with van der Waals surface area (Å²) in [7, 11) is 0. The van der Waals surface area contributed by atoms with Crippen LogP contribution in [0.25, 0.3) is 0 Å². The van der Waals surface area contributed by atoms with Crippen LogP contribution in [0.3, 0.4) is 0 Å². The molecular weight excluding hydrogens is 658 g/mol. The molecular formula is C43H83NO8. The van der Waals surface area contributed by atoms with Gasteiger partial charge in [0.05, 0.1) is 25.4 Å². The summed E-state index contributed by atoms with van der Waals surface area (Å²) in [5.74, 6) is -0.176. The zero-order valence-electron chi connectivity index (χ0n) is 33.6. The van der Waals surface area contributed by atoms with Gasteiger partial charge >= 0.3 is 0 Å². The zero-order chi connectivity index (χ0) is 38.1. The van der Waals surface area contributed by atoms with Crippen LogP contribution in [0.2, 0.25) is 0 Å². The van der Waals surface area contributed by atoms with Crippen LogP contribution in [-0.2, 0) is 14.3 Å². The molecule has 0 radical (unpaired) electrons. The Morgan fingerprint density at radius 1 is 0.635 bits per heavy atom. The second-order valence-corrected chi connectivity index (χ2v) is 15.5. The number of aliphatic hydroxyl groups is 5. The number of carbonyl (C=O) groups excluding carboxylic acids is 1. The topological polar surface area (TPSA) is 149 Å². The highest BCUT2D eigenvalue weighted by atomic mass is 16.7. The third kappa shape index (κ3) is 25.1. The summed E-state index contributed by atoms with van der Waals surface area (Å²) in [5.41, 5.74) is 0. The number of nitrogens with one attached hydrogen (secondary N) is 1. The Labute approximate surface area is 318 Å². The molecule has 308 valence electrons. The molecule has 1 fully saturated rings. The van der Waals surface area contributed by atoms with E-state index in [0.717, 1.165) is 38.5 Å². The smallest absolute Gasteiger partial charge is 0.220 e. The van der Waals surface area contributed by atoms with E-state index >= 15 is 0 Å². The molecule has 1 aliphatic heterocycles. The Balaban J connectivity index is 2.34. The van der Waals surface area contributed by atoms with Crippen LogP contribution < -0.4 is 5.32 Å². The van der Waals surface area contributed by atoms with Gasteiger partial charge in [-0.05, 0) is 19.3 Å². The summed E-state index contributed by atoms with van der Waals surface area (Å²) in [6, 6.07) is -0.796. The fourth-order valence-corrected chi connectivity index (χ4v) is 7.04. The first kappa shape index (κ1) is 48.9. The molecule has 2 unspecified atom stereocenters. The first-order chi connectivity index (χ1) is 25.3. The molecule has 1 aliphatic rings. The summed E-state index contributed by atoms with van der Waals surface area (Å²) >= 11 is 0. The predicted molar refractivity (Wildman–Crippen MR) is 212 cm³/mol. The van der Waals surface area contributed by atoms with Crippen molar-refractivity contribution in [1.29, 1.82) is 0 Å². The van der Waals surface area contributed by atoms with Crippen LogP contribution in [0.4, 0.5) is 0 Å². The van der Waals surface area contributed by atoms with E-state index in [1.807, 2.05) is 6.08 Å². The first-order valence-electron chi connectivity index (χ1n) is 21.9. The van der Waals surface area contributed by atoms with E-state index in [1.165, 1.54) is 141 Å². The molecule has 1 amide bonds. The monoisotopic (exact) mass is 742 g/mol. The maximum absolute atomic E-state index is 12.9. The van der Waals surface area contributed by atoms with Crippen molar-refractivity contribution in [3.63, 3.8) is 0 Å². The Hall–Kier alpha value is -1.07. The minimum atomic E-state index is -1.56. The van der Waals surface area contributed by atoms with Crippen LogP contribution >= 0.6 is 0 Å². The third-order valence-corrected chi connectivity index (χ3v) is 10.6. The van der Waals surface area contributed by atoms with E-state index in [4.69, 9.17) is 9.47 Å². The second kappa shape index (κ2) is 34.4. The van der Waals surface area contributed by atoms with Crippen LogP contribution in [-0.4, -0.2) is 87.5 Å². The molecule has 0 saturated carbocycles. The van der Waals surface area contributed by atoms with Crippen molar-refractivity contribution in [2.24, 2.45) is 0 Å². The quantitative estimate of drug-likeness (QED) is 0.0277. The third-order valence-electron chi connectivity index (χ3n) is 10.6. The fourth-order valence-electron chi connectivity index (χ4n) is 7.04. The Kier molecular flexibility index (Phi) is 32.4. The number of rotatable bonds is 36. The number of ether oxygens (including phenoxy) is 2. The number of allylic oxidation sites excluding steroid dienone is 1. The van der Waals surface area contributed by atoms with E-state index in [0.29, 0.717) is 6.42 Å². The number of unbranched alkanes of at least 4 members (excludes halogenated alkanes) is 26. The average molecular weight is 742 g/mol. The van der Waals surface area contributed by atoms with E-state index in [-0.39, 0.29) is 12.5 Å². The highest BCUT2D eigenvalue weighted by Crippen LogP contribution is 2.22. The molecule has 0 aromatic rings. The SMILES string of the molecule is CCCCCCCCCCC/C=C/[C@@H](O)[C@H](CO[C@H]1O[C@@H](CO)[C@H](O)C(O)C1O)NC(=O)CCCCCCCCCCCCCCCCCCCC. The van der Waals surface area contributed by atoms with Gasteiger partial charge in [0.1, 0.15) is 24.4 Å². The molecule has 6 N–H and O–H groups in total. The highest BCUT2D eigenvalue weighted by Gasteiger charge is 2.44. The van der Waals surface area contributed by atoms with Crippen molar-refractivity contribution in [3.8, 4) is 0 Å². The fraction of sp³-hybridized carbons (Fsp3) is 0.930. The predicted octanol–water partition coefficient (Wildman–Crippen LogP) is 8.56. The zero-order valence-corrected chi connectivity index (χ0v) is 33.6. The van der Waals surface area contributed by atoms with Crippen LogP contribution in [0, 0.1) is 0 Å². The number of hydrogen-bond acceptors (Lipinski definition) is 8. The summed E-state index contributed by atoms with van der Waals surface area (Å²) in [5, 5.41) is 54.0. The van der Waals surface area contributed by atoms with Crippen molar-refractivity contribution in [2.75, 3.05) is 13.2 Å². The number of hydrogen-bond donors (Lipinski definition) is 6. The van der Waals surface area contributed by atoms with Crippen molar-refractivity contribution >= 4 is 5.91 Å². The normalized spacial score (nSPS) is 21.9. The molecule has 7 atom stereocenters. The van der Waals surface area contributed by atoms with Crippen molar-refractivity contribution in [3.05, 3.63) is 12.2 Å². The molecule has 1 saturated heterocycles. The molecule has 0 aromatic carbocycles. The lowest BCUT2D eigenvalue weighted by Crippen LogP contribution is -2.60. The van der Waals surface area contributed by atoms with Crippen LogP contribution in [0.5, 0.6) is 0 Å². The lowest BCUT2D eigenvalue weighted by atomic mass is 9.99. The van der Waals surface area contributed by atoms with E-state index in [1.54, 1.807) is 6.08 Å². The number of amides is 1. The molecule has 9 nitrogen and oxygen atoms in total.